The van der Waals surface area contributed by atoms with Gasteiger partial charge in [-0.05, 0) is 38.0 Å². The van der Waals surface area contributed by atoms with E-state index in [1.54, 1.807) is 6.92 Å². The Balaban J connectivity index is 3.24. The zero-order valence-electron chi connectivity index (χ0n) is 11.6. The van der Waals surface area contributed by atoms with Gasteiger partial charge < -0.3 is 0 Å². The second kappa shape index (κ2) is 5.79. The van der Waals surface area contributed by atoms with Crippen LogP contribution in [0.3, 0.4) is 0 Å². The van der Waals surface area contributed by atoms with Crippen LogP contribution in [0.25, 0.3) is 0 Å². The Labute approximate surface area is 119 Å². The summed E-state index contributed by atoms with van der Waals surface area (Å²) in [6.45, 7) is 5.43. The minimum atomic E-state index is -4.93. The van der Waals surface area contributed by atoms with Crippen LogP contribution in [0.2, 0.25) is 0 Å². The fourth-order valence-corrected chi connectivity index (χ4v) is 3.75. The fraction of sp³-hybridized carbons (Fsp3) is 0.500. The minimum absolute atomic E-state index is 0.274. The second-order valence-corrected chi connectivity index (χ2v) is 7.82. The molecule has 8 heteroatoms. The molecule has 0 atom stereocenters. The molecular formula is C12H18FNO4S2. The summed E-state index contributed by atoms with van der Waals surface area (Å²) < 4.78 is 61.5. The largest absolute Gasteiger partial charge is 0.332 e. The third kappa shape index (κ3) is 4.00. The van der Waals surface area contributed by atoms with E-state index in [9.17, 15) is 20.7 Å². The van der Waals surface area contributed by atoms with Crippen LogP contribution in [0, 0.1) is 0 Å². The molecule has 0 saturated carbocycles. The summed E-state index contributed by atoms with van der Waals surface area (Å²) in [5, 5.41) is 0. The molecule has 1 aromatic carbocycles. The van der Waals surface area contributed by atoms with Crippen LogP contribution >= 0.6 is 0 Å². The predicted octanol–water partition coefficient (Wildman–Crippen LogP) is 2.20. The number of halogens is 1. The molecule has 0 aromatic heterocycles. The van der Waals surface area contributed by atoms with Crippen LogP contribution in [-0.2, 0) is 20.2 Å². The second-order valence-electron chi connectivity index (χ2n) is 4.79. The first-order valence-corrected chi connectivity index (χ1v) is 8.99. The zero-order valence-corrected chi connectivity index (χ0v) is 13.2. The Kier molecular flexibility index (Phi) is 4.94. The van der Waals surface area contributed by atoms with Crippen LogP contribution in [0.1, 0.15) is 33.6 Å². The van der Waals surface area contributed by atoms with E-state index in [-0.39, 0.29) is 4.90 Å². The molecule has 1 N–H and O–H groups in total. The van der Waals surface area contributed by atoms with Crippen LogP contribution < -0.4 is 4.72 Å². The normalized spacial score (nSPS) is 13.4. The molecule has 0 amide bonds. The molecule has 1 aromatic rings. The highest BCUT2D eigenvalue weighted by atomic mass is 32.3. The van der Waals surface area contributed by atoms with Gasteiger partial charge in [0.15, 0.2) is 0 Å². The van der Waals surface area contributed by atoms with E-state index in [4.69, 9.17) is 0 Å². The summed E-state index contributed by atoms with van der Waals surface area (Å²) in [6.07, 6.45) is 1.15. The monoisotopic (exact) mass is 323 g/mol. The highest BCUT2D eigenvalue weighted by Crippen LogP contribution is 2.21. The summed E-state index contributed by atoms with van der Waals surface area (Å²) in [5.41, 5.74) is -0.635. The Morgan fingerprint density at radius 2 is 1.60 bits per heavy atom. The average Bonchev–Trinajstić information content (AvgIpc) is 2.37. The highest BCUT2D eigenvalue weighted by molar-refractivity contribution is 7.89. The summed E-state index contributed by atoms with van der Waals surface area (Å²) in [7, 11) is -8.84. The maximum Gasteiger partial charge on any atom is 0.332 e. The van der Waals surface area contributed by atoms with Crippen molar-refractivity contribution < 1.29 is 20.7 Å². The van der Waals surface area contributed by atoms with E-state index >= 15 is 0 Å². The molecule has 0 bridgehead atoms. The lowest BCUT2D eigenvalue weighted by Gasteiger charge is -2.27. The molecule has 1 rings (SSSR count). The van der Waals surface area contributed by atoms with Crippen molar-refractivity contribution in [3.63, 3.8) is 0 Å². The van der Waals surface area contributed by atoms with Crippen LogP contribution in [0.5, 0.6) is 0 Å². The molecule has 0 aliphatic rings. The molecule has 0 radical (unpaired) electrons. The maximum absolute atomic E-state index is 12.9. The number of hydrogen-bond acceptors (Lipinski definition) is 4. The molecule has 0 unspecified atom stereocenters. The van der Waals surface area contributed by atoms with Crippen LogP contribution in [0.4, 0.5) is 3.89 Å². The van der Waals surface area contributed by atoms with Gasteiger partial charge in [-0.25, -0.2) is 13.1 Å². The molecule has 0 fully saturated rings. The SMILES string of the molecule is CCC(C)(CC)NS(=O)(=O)c1cccc(S(=O)(=O)F)c1. The van der Waals surface area contributed by atoms with Crippen molar-refractivity contribution in [1.29, 1.82) is 0 Å². The van der Waals surface area contributed by atoms with Crippen molar-refractivity contribution in [2.75, 3.05) is 0 Å². The minimum Gasteiger partial charge on any atom is -0.207 e. The molecular weight excluding hydrogens is 305 g/mol. The van der Waals surface area contributed by atoms with Gasteiger partial charge in [0.2, 0.25) is 10.0 Å². The number of rotatable bonds is 6. The molecule has 0 aliphatic carbocycles. The van der Waals surface area contributed by atoms with Crippen molar-refractivity contribution in [3.8, 4) is 0 Å². The van der Waals surface area contributed by atoms with Crippen LogP contribution in [-0.4, -0.2) is 22.4 Å². The number of sulfonamides is 1. The quantitative estimate of drug-likeness (QED) is 0.814. The molecule has 20 heavy (non-hydrogen) atoms. The van der Waals surface area contributed by atoms with E-state index in [1.165, 1.54) is 12.1 Å². The van der Waals surface area contributed by atoms with Crippen molar-refractivity contribution in [1.82, 2.24) is 4.72 Å². The Morgan fingerprint density at radius 1 is 1.10 bits per heavy atom. The summed E-state index contributed by atoms with van der Waals surface area (Å²) >= 11 is 0. The standard InChI is InChI=1S/C12H18FNO4S2/c1-4-12(3,5-2)14-20(17,18)11-8-6-7-10(9-11)19(13,15)16/h6-9,14H,4-5H2,1-3H3. The summed E-state index contributed by atoms with van der Waals surface area (Å²) in [5.74, 6) is 0. The number of benzene rings is 1. The lowest BCUT2D eigenvalue weighted by Crippen LogP contribution is -2.44. The fourth-order valence-electron chi connectivity index (χ4n) is 1.57. The van der Waals surface area contributed by atoms with Gasteiger partial charge in [0.25, 0.3) is 0 Å². The van der Waals surface area contributed by atoms with Crippen molar-refractivity contribution in [2.24, 2.45) is 0 Å². The number of hydrogen-bond donors (Lipinski definition) is 1. The first-order valence-electron chi connectivity index (χ1n) is 6.13. The average molecular weight is 323 g/mol. The van der Waals surface area contributed by atoms with E-state index < -0.39 is 30.7 Å². The molecule has 0 aliphatic heterocycles. The van der Waals surface area contributed by atoms with Gasteiger partial charge in [0, 0.05) is 5.54 Å². The molecule has 5 nitrogen and oxygen atoms in total. The highest BCUT2D eigenvalue weighted by Gasteiger charge is 2.28. The Bertz CT molecular complexity index is 679. The first-order chi connectivity index (χ1) is 9.04. The van der Waals surface area contributed by atoms with Gasteiger partial charge in [-0.1, -0.05) is 19.9 Å². The van der Waals surface area contributed by atoms with Gasteiger partial charge >= 0.3 is 10.2 Å². The first kappa shape index (κ1) is 17.1. The van der Waals surface area contributed by atoms with Crippen molar-refractivity contribution >= 4 is 20.2 Å². The van der Waals surface area contributed by atoms with E-state index in [0.717, 1.165) is 12.1 Å². The van der Waals surface area contributed by atoms with E-state index in [0.29, 0.717) is 12.8 Å². The lowest BCUT2D eigenvalue weighted by atomic mass is 9.98. The summed E-state index contributed by atoms with van der Waals surface area (Å²) in [4.78, 5) is -0.945. The van der Waals surface area contributed by atoms with Crippen molar-refractivity contribution in [3.05, 3.63) is 24.3 Å². The van der Waals surface area contributed by atoms with E-state index in [2.05, 4.69) is 4.72 Å². The predicted molar refractivity (Wildman–Crippen MR) is 74.0 cm³/mol. The maximum atomic E-state index is 12.9. The molecule has 0 heterocycles. The Morgan fingerprint density at radius 3 is 2.05 bits per heavy atom. The third-order valence-electron chi connectivity index (χ3n) is 3.34. The van der Waals surface area contributed by atoms with Gasteiger partial charge in [-0.2, -0.15) is 8.42 Å². The molecule has 0 spiro atoms. The zero-order chi connectivity index (χ0) is 15.6. The van der Waals surface area contributed by atoms with Crippen LogP contribution in [0.15, 0.2) is 34.1 Å². The smallest absolute Gasteiger partial charge is 0.207 e. The topological polar surface area (TPSA) is 80.3 Å². The van der Waals surface area contributed by atoms with Gasteiger partial charge in [-0.3, -0.25) is 0 Å². The van der Waals surface area contributed by atoms with Crippen molar-refractivity contribution in [2.45, 2.75) is 48.9 Å². The van der Waals surface area contributed by atoms with Gasteiger partial charge in [0.1, 0.15) is 0 Å². The van der Waals surface area contributed by atoms with E-state index in [1.807, 2.05) is 13.8 Å². The van der Waals surface area contributed by atoms with Gasteiger partial charge in [0.05, 0.1) is 9.79 Å². The molecule has 114 valence electrons. The van der Waals surface area contributed by atoms with Gasteiger partial charge in [-0.15, -0.1) is 3.89 Å². The third-order valence-corrected chi connectivity index (χ3v) is 5.79. The molecule has 0 saturated heterocycles. The number of nitrogens with one attached hydrogen (secondary N) is 1. The Hall–Kier alpha value is -0.990. The summed E-state index contributed by atoms with van der Waals surface area (Å²) in [6, 6.07) is 4.23. The lowest BCUT2D eigenvalue weighted by molar-refractivity contribution is 0.388.